The summed E-state index contributed by atoms with van der Waals surface area (Å²) in [6.45, 7) is 0. The van der Waals surface area contributed by atoms with E-state index in [1.807, 2.05) is 24.3 Å². The number of benzene rings is 2. The number of hydrogen-bond acceptors (Lipinski definition) is 8. The van der Waals surface area contributed by atoms with E-state index in [0.717, 1.165) is 28.3 Å². The number of halogens is 1. The Balaban J connectivity index is 1.78. The highest BCUT2D eigenvalue weighted by molar-refractivity contribution is 7.21. The normalized spacial score (nSPS) is 14.9. The number of nitrogens with zero attached hydrogens (tertiary/aromatic N) is 3. The van der Waals surface area contributed by atoms with E-state index in [1.54, 1.807) is 0 Å². The average Bonchev–Trinajstić information content (AvgIpc) is 3.22. The molecule has 0 spiro atoms. The molecule has 0 fully saturated rings. The number of rotatable bonds is 4. The second-order valence-corrected chi connectivity index (χ2v) is 7.26. The molecular formula is C18H8ClN3O6S. The molecule has 0 radical (unpaired) electrons. The van der Waals surface area contributed by atoms with Gasteiger partial charge in [0.2, 0.25) is 5.90 Å². The first-order chi connectivity index (χ1) is 13.8. The van der Waals surface area contributed by atoms with Crippen molar-refractivity contribution in [3.05, 3.63) is 83.9 Å². The first-order valence-electron chi connectivity index (χ1n) is 7.98. The quantitative estimate of drug-likeness (QED) is 0.256. The van der Waals surface area contributed by atoms with Crippen molar-refractivity contribution in [3.63, 3.8) is 0 Å². The third-order valence-corrected chi connectivity index (χ3v) is 5.73. The lowest BCUT2D eigenvalue weighted by molar-refractivity contribution is -0.394. The van der Waals surface area contributed by atoms with E-state index in [2.05, 4.69) is 4.99 Å². The van der Waals surface area contributed by atoms with E-state index in [0.29, 0.717) is 9.90 Å². The van der Waals surface area contributed by atoms with E-state index < -0.39 is 27.2 Å². The molecule has 9 nitrogen and oxygen atoms in total. The average molecular weight is 430 g/mol. The maximum atomic E-state index is 12.2. The lowest BCUT2D eigenvalue weighted by Crippen LogP contribution is -2.04. The molecule has 1 aliphatic heterocycles. The molecule has 11 heteroatoms. The SMILES string of the molecule is O=C1OC(c2sc3ccccc3c2Cl)=N/C1=C/c1ccc([N+](=O)[O-])cc1[N+](=O)[O-]. The fourth-order valence-corrected chi connectivity index (χ4v) is 4.17. The van der Waals surface area contributed by atoms with Gasteiger partial charge < -0.3 is 4.74 Å². The van der Waals surface area contributed by atoms with Crippen LogP contribution in [0, 0.1) is 20.2 Å². The summed E-state index contributed by atoms with van der Waals surface area (Å²) in [4.78, 5) is 37.4. The van der Waals surface area contributed by atoms with Gasteiger partial charge in [0.25, 0.3) is 11.4 Å². The number of non-ortho nitro benzene ring substituents is 1. The van der Waals surface area contributed by atoms with Crippen molar-refractivity contribution < 1.29 is 19.4 Å². The lowest BCUT2D eigenvalue weighted by Gasteiger charge is -1.98. The van der Waals surface area contributed by atoms with Crippen LogP contribution in [0.15, 0.2) is 53.2 Å². The zero-order valence-electron chi connectivity index (χ0n) is 14.2. The third-order valence-electron chi connectivity index (χ3n) is 4.06. The maximum absolute atomic E-state index is 12.2. The molecule has 0 bridgehead atoms. The molecule has 1 aromatic heterocycles. The summed E-state index contributed by atoms with van der Waals surface area (Å²) in [7, 11) is 0. The Morgan fingerprint density at radius 2 is 1.86 bits per heavy atom. The van der Waals surface area contributed by atoms with Crippen molar-refractivity contribution in [2.24, 2.45) is 4.99 Å². The Bertz CT molecular complexity index is 1280. The molecule has 144 valence electrons. The monoisotopic (exact) mass is 429 g/mol. The number of cyclic esters (lactones) is 1. The Morgan fingerprint density at radius 3 is 2.55 bits per heavy atom. The number of thiophene rings is 1. The topological polar surface area (TPSA) is 125 Å². The molecule has 3 aromatic rings. The minimum absolute atomic E-state index is 0.00276. The first kappa shape index (κ1) is 18.7. The van der Waals surface area contributed by atoms with Gasteiger partial charge in [0.1, 0.15) is 4.88 Å². The number of carbonyl (C=O) groups is 1. The summed E-state index contributed by atoms with van der Waals surface area (Å²) in [6.07, 6.45) is 1.15. The Hall–Kier alpha value is -3.63. The predicted octanol–water partition coefficient (Wildman–Crippen LogP) is 4.72. The second-order valence-electron chi connectivity index (χ2n) is 5.83. The van der Waals surface area contributed by atoms with Crippen LogP contribution in [0.3, 0.4) is 0 Å². The van der Waals surface area contributed by atoms with Crippen LogP contribution < -0.4 is 0 Å². The summed E-state index contributed by atoms with van der Waals surface area (Å²) in [5.41, 5.74) is -1.15. The molecule has 1 aliphatic rings. The molecule has 0 unspecified atom stereocenters. The van der Waals surface area contributed by atoms with Gasteiger partial charge in [-0.3, -0.25) is 20.2 Å². The molecule has 2 heterocycles. The number of ether oxygens (including phenoxy) is 1. The highest BCUT2D eigenvalue weighted by Crippen LogP contribution is 2.37. The lowest BCUT2D eigenvalue weighted by atomic mass is 10.1. The van der Waals surface area contributed by atoms with Gasteiger partial charge in [-0.1, -0.05) is 29.8 Å². The summed E-state index contributed by atoms with van der Waals surface area (Å²) in [6, 6.07) is 10.5. The number of aliphatic imine (C=N–C) groups is 1. The smallest absolute Gasteiger partial charge is 0.363 e. The molecule has 0 saturated heterocycles. The largest absolute Gasteiger partial charge is 0.401 e. The molecule has 2 aromatic carbocycles. The fraction of sp³-hybridized carbons (Fsp3) is 0. The van der Waals surface area contributed by atoms with Gasteiger partial charge >= 0.3 is 5.97 Å². The van der Waals surface area contributed by atoms with Crippen LogP contribution in [-0.2, 0) is 9.53 Å². The van der Waals surface area contributed by atoms with Crippen molar-refractivity contribution >= 4 is 62.3 Å². The first-order valence-corrected chi connectivity index (χ1v) is 9.17. The third kappa shape index (κ3) is 3.35. The summed E-state index contributed by atoms with van der Waals surface area (Å²) >= 11 is 7.67. The Kier molecular flexibility index (Phi) is 4.57. The van der Waals surface area contributed by atoms with Crippen molar-refractivity contribution in [3.8, 4) is 0 Å². The minimum Gasteiger partial charge on any atom is -0.401 e. The van der Waals surface area contributed by atoms with Gasteiger partial charge in [0, 0.05) is 16.2 Å². The van der Waals surface area contributed by atoms with Gasteiger partial charge in [-0.2, -0.15) is 0 Å². The van der Waals surface area contributed by atoms with E-state index in [9.17, 15) is 25.0 Å². The van der Waals surface area contributed by atoms with Gasteiger partial charge in [-0.05, 0) is 18.2 Å². The van der Waals surface area contributed by atoms with E-state index in [4.69, 9.17) is 16.3 Å². The Labute approximate surface area is 170 Å². The van der Waals surface area contributed by atoms with Crippen LogP contribution in [0.1, 0.15) is 10.4 Å². The van der Waals surface area contributed by atoms with Gasteiger partial charge in [-0.25, -0.2) is 9.79 Å². The molecule has 0 aliphatic carbocycles. The standard InChI is InChI=1S/C18H8ClN3O6S/c19-15-11-3-1-2-4-14(11)29-16(15)17-20-12(18(23)28-17)7-9-5-6-10(21(24)25)8-13(9)22(26)27/h1-8H/b12-7+. The molecule has 4 rings (SSSR count). The highest BCUT2D eigenvalue weighted by atomic mass is 35.5. The summed E-state index contributed by atoms with van der Waals surface area (Å²) < 4.78 is 6.08. The van der Waals surface area contributed by atoms with Gasteiger partial charge in [0.05, 0.1) is 26.5 Å². The number of fused-ring (bicyclic) bond motifs is 1. The predicted molar refractivity (Wildman–Crippen MR) is 107 cm³/mol. The molecule has 0 N–H and O–H groups in total. The highest BCUT2D eigenvalue weighted by Gasteiger charge is 2.29. The molecule has 29 heavy (non-hydrogen) atoms. The number of nitro benzene ring substituents is 2. The van der Waals surface area contributed by atoms with Crippen LogP contribution in [0.25, 0.3) is 16.2 Å². The van der Waals surface area contributed by atoms with Crippen molar-refractivity contribution in [2.45, 2.75) is 0 Å². The van der Waals surface area contributed by atoms with Crippen molar-refractivity contribution in [1.82, 2.24) is 0 Å². The number of carbonyl (C=O) groups excluding carboxylic acids is 1. The van der Waals surface area contributed by atoms with Crippen molar-refractivity contribution in [2.75, 3.05) is 0 Å². The molecule has 0 amide bonds. The number of hydrogen-bond donors (Lipinski definition) is 0. The van der Waals surface area contributed by atoms with Crippen LogP contribution in [0.4, 0.5) is 11.4 Å². The van der Waals surface area contributed by atoms with E-state index in [-0.39, 0.29) is 17.2 Å². The van der Waals surface area contributed by atoms with E-state index in [1.165, 1.54) is 17.4 Å². The van der Waals surface area contributed by atoms with Crippen molar-refractivity contribution in [1.29, 1.82) is 0 Å². The Morgan fingerprint density at radius 1 is 1.10 bits per heavy atom. The molecule has 0 saturated carbocycles. The van der Waals surface area contributed by atoms with Crippen LogP contribution >= 0.6 is 22.9 Å². The van der Waals surface area contributed by atoms with Gasteiger partial charge in [-0.15, -0.1) is 11.3 Å². The zero-order chi connectivity index (χ0) is 20.7. The molecule has 0 atom stereocenters. The summed E-state index contributed by atoms with van der Waals surface area (Å²) in [5.74, 6) is -0.807. The number of esters is 1. The van der Waals surface area contributed by atoms with Crippen LogP contribution in [0.5, 0.6) is 0 Å². The van der Waals surface area contributed by atoms with E-state index >= 15 is 0 Å². The summed E-state index contributed by atoms with van der Waals surface area (Å²) in [5, 5.41) is 23.3. The fourth-order valence-electron chi connectivity index (χ4n) is 2.73. The van der Waals surface area contributed by atoms with Gasteiger partial charge in [0.15, 0.2) is 5.70 Å². The van der Waals surface area contributed by atoms with Crippen LogP contribution in [0.2, 0.25) is 5.02 Å². The zero-order valence-corrected chi connectivity index (χ0v) is 15.8. The molecular weight excluding hydrogens is 422 g/mol. The van der Waals surface area contributed by atoms with Crippen LogP contribution in [-0.4, -0.2) is 21.7 Å². The second kappa shape index (κ2) is 7.08. The maximum Gasteiger partial charge on any atom is 0.363 e. The number of nitro groups is 2. The minimum atomic E-state index is -0.804.